The maximum Gasteiger partial charge on any atom is 0.306 e. The highest BCUT2D eigenvalue weighted by atomic mass is 16.7. The van der Waals surface area contributed by atoms with Crippen LogP contribution in [-0.2, 0) is 28.5 Å². The first-order chi connectivity index (χ1) is 27.8. The van der Waals surface area contributed by atoms with Gasteiger partial charge in [0, 0.05) is 12.8 Å². The molecule has 1 saturated heterocycles. The first kappa shape index (κ1) is 51.6. The minimum absolute atomic E-state index is 0.0957. The van der Waals surface area contributed by atoms with Crippen molar-refractivity contribution < 1.29 is 49.0 Å². The van der Waals surface area contributed by atoms with Crippen molar-refractivity contribution in [2.45, 2.75) is 166 Å². The lowest BCUT2D eigenvalue weighted by Gasteiger charge is -2.39. The number of hydrogen-bond donors (Lipinski definition) is 4. The monoisotopic (exact) mass is 799 g/mol. The van der Waals surface area contributed by atoms with Crippen molar-refractivity contribution in [3.8, 4) is 0 Å². The number of ether oxygens (including phenoxy) is 4. The summed E-state index contributed by atoms with van der Waals surface area (Å²) in [7, 11) is 0. The summed E-state index contributed by atoms with van der Waals surface area (Å²) in [4.78, 5) is 25.2. The van der Waals surface area contributed by atoms with Crippen molar-refractivity contribution in [3.63, 3.8) is 0 Å². The second-order valence-corrected chi connectivity index (χ2v) is 14.1. The zero-order valence-corrected chi connectivity index (χ0v) is 34.8. The zero-order valence-electron chi connectivity index (χ0n) is 34.8. The Morgan fingerprint density at radius 3 is 1.63 bits per heavy atom. The largest absolute Gasteiger partial charge is 0.462 e. The maximum absolute atomic E-state index is 12.7. The molecule has 0 radical (unpaired) electrons. The highest BCUT2D eigenvalue weighted by molar-refractivity contribution is 5.70. The molecule has 1 fully saturated rings. The highest BCUT2D eigenvalue weighted by Crippen LogP contribution is 2.22. The zero-order chi connectivity index (χ0) is 41.6. The van der Waals surface area contributed by atoms with Crippen molar-refractivity contribution in [1.29, 1.82) is 0 Å². The SMILES string of the molecule is CC/C=C\C/C=C\C/C=C\C/C=C\C/C=C\C/C=C\CCC(=O)OC(COC(=O)CCCCCCC/C=C\C/C=C\CCC)COC1OC(CO)C(O)C(O)C1O. The van der Waals surface area contributed by atoms with Gasteiger partial charge >= 0.3 is 11.9 Å². The number of unbranched alkanes of at least 4 members (excludes halogenated alkanes) is 6. The van der Waals surface area contributed by atoms with Gasteiger partial charge in [0.2, 0.25) is 0 Å². The Morgan fingerprint density at radius 2 is 1.07 bits per heavy atom. The van der Waals surface area contributed by atoms with E-state index in [-0.39, 0.29) is 26.1 Å². The number of carbonyl (C=O) groups excluding carboxylic acids is 2. The third-order valence-corrected chi connectivity index (χ3v) is 8.95. The molecular formula is C47H74O10. The third-order valence-electron chi connectivity index (χ3n) is 8.95. The van der Waals surface area contributed by atoms with Crippen LogP contribution in [0, 0.1) is 0 Å². The molecule has 1 rings (SSSR count). The normalized spacial score (nSPS) is 21.3. The molecule has 1 heterocycles. The summed E-state index contributed by atoms with van der Waals surface area (Å²) in [5, 5.41) is 40.0. The smallest absolute Gasteiger partial charge is 0.306 e. The lowest BCUT2D eigenvalue weighted by atomic mass is 9.99. The first-order valence-corrected chi connectivity index (χ1v) is 21.3. The van der Waals surface area contributed by atoms with E-state index in [1.807, 2.05) is 12.2 Å². The Bertz CT molecular complexity index is 1240. The van der Waals surface area contributed by atoms with Crippen LogP contribution in [-0.4, -0.2) is 89.0 Å². The van der Waals surface area contributed by atoms with Crippen LogP contribution in [0.3, 0.4) is 0 Å². The number of carbonyl (C=O) groups is 2. The van der Waals surface area contributed by atoms with Crippen LogP contribution >= 0.6 is 0 Å². The Balaban J connectivity index is 2.44. The molecule has 57 heavy (non-hydrogen) atoms. The fourth-order valence-electron chi connectivity index (χ4n) is 5.60. The predicted octanol–water partition coefficient (Wildman–Crippen LogP) is 8.77. The second-order valence-electron chi connectivity index (χ2n) is 14.1. The lowest BCUT2D eigenvalue weighted by molar-refractivity contribution is -0.305. The predicted molar refractivity (Wildman–Crippen MR) is 228 cm³/mol. The molecule has 6 atom stereocenters. The van der Waals surface area contributed by atoms with Gasteiger partial charge in [0.15, 0.2) is 12.4 Å². The van der Waals surface area contributed by atoms with E-state index in [2.05, 4.69) is 98.9 Å². The number of aliphatic hydroxyl groups excluding tert-OH is 4. The van der Waals surface area contributed by atoms with Crippen LogP contribution in [0.2, 0.25) is 0 Å². The highest BCUT2D eigenvalue weighted by Gasteiger charge is 2.44. The summed E-state index contributed by atoms with van der Waals surface area (Å²) in [6.07, 6.45) is 41.4. The summed E-state index contributed by atoms with van der Waals surface area (Å²) >= 11 is 0. The van der Waals surface area contributed by atoms with E-state index in [0.29, 0.717) is 12.8 Å². The molecular weight excluding hydrogens is 725 g/mol. The molecule has 0 spiro atoms. The molecule has 6 unspecified atom stereocenters. The van der Waals surface area contributed by atoms with E-state index in [4.69, 9.17) is 18.9 Å². The van der Waals surface area contributed by atoms with Crippen LogP contribution in [0.25, 0.3) is 0 Å². The summed E-state index contributed by atoms with van der Waals surface area (Å²) in [6.45, 7) is 3.12. The summed E-state index contributed by atoms with van der Waals surface area (Å²) < 4.78 is 22.0. The van der Waals surface area contributed by atoms with Gasteiger partial charge in [0.05, 0.1) is 13.2 Å². The summed E-state index contributed by atoms with van der Waals surface area (Å²) in [6, 6.07) is 0. The first-order valence-electron chi connectivity index (χ1n) is 21.3. The molecule has 0 aliphatic carbocycles. The van der Waals surface area contributed by atoms with Gasteiger partial charge in [-0.15, -0.1) is 0 Å². The van der Waals surface area contributed by atoms with E-state index in [1.54, 1.807) is 0 Å². The van der Waals surface area contributed by atoms with Crippen LogP contribution in [0.1, 0.15) is 129 Å². The number of aliphatic hydroxyl groups is 4. The number of hydrogen-bond acceptors (Lipinski definition) is 10. The molecule has 0 aromatic carbocycles. The summed E-state index contributed by atoms with van der Waals surface area (Å²) in [5.74, 6) is -0.934. The van der Waals surface area contributed by atoms with E-state index < -0.39 is 55.4 Å². The van der Waals surface area contributed by atoms with E-state index in [9.17, 15) is 30.0 Å². The lowest BCUT2D eigenvalue weighted by Crippen LogP contribution is -2.59. The van der Waals surface area contributed by atoms with Crippen LogP contribution in [0.15, 0.2) is 97.2 Å². The molecule has 0 saturated carbocycles. The number of allylic oxidation sites excluding steroid dienone is 16. The topological polar surface area (TPSA) is 152 Å². The Kier molecular flexibility index (Phi) is 33.5. The molecule has 0 aromatic rings. The van der Waals surface area contributed by atoms with Gasteiger partial charge in [0.1, 0.15) is 31.0 Å². The molecule has 10 nitrogen and oxygen atoms in total. The van der Waals surface area contributed by atoms with E-state index >= 15 is 0 Å². The minimum atomic E-state index is -1.62. The third kappa shape index (κ3) is 28.6. The second kappa shape index (κ2) is 36.9. The Labute approximate surface area is 343 Å². The van der Waals surface area contributed by atoms with Gasteiger partial charge in [-0.2, -0.15) is 0 Å². The Hall–Kier alpha value is -3.38. The van der Waals surface area contributed by atoms with Crippen molar-refractivity contribution in [1.82, 2.24) is 0 Å². The molecule has 0 bridgehead atoms. The fourth-order valence-corrected chi connectivity index (χ4v) is 5.60. The molecule has 1 aliphatic heterocycles. The molecule has 4 N–H and O–H groups in total. The van der Waals surface area contributed by atoms with Gasteiger partial charge in [-0.05, 0) is 77.0 Å². The van der Waals surface area contributed by atoms with Crippen LogP contribution in [0.4, 0.5) is 0 Å². The van der Waals surface area contributed by atoms with Crippen molar-refractivity contribution in [2.75, 3.05) is 19.8 Å². The van der Waals surface area contributed by atoms with Gasteiger partial charge in [0.25, 0.3) is 0 Å². The Morgan fingerprint density at radius 1 is 0.561 bits per heavy atom. The van der Waals surface area contributed by atoms with Crippen molar-refractivity contribution in [3.05, 3.63) is 97.2 Å². The standard InChI is InChI=1S/C47H74O10/c1-3-5-7-9-11-13-15-17-18-19-20-21-22-24-26-28-30-32-34-36-43(50)56-40(39-55-47-46(53)45(52)44(51)41(37-48)57-47)38-54-42(49)35-33-31-29-27-25-23-16-14-12-10-8-6-4-2/h5,7-8,10-11,13-14,16-18,20-21,24,26,30,32,40-41,44-48,51-53H,3-4,6,9,12,15,19,22-23,25,27-29,31,33-39H2,1-2H3/b7-5-,10-8-,13-11-,16-14-,18-17-,21-20-,26-24-,32-30-. The molecule has 0 amide bonds. The van der Waals surface area contributed by atoms with Gasteiger partial charge in [-0.3, -0.25) is 9.59 Å². The van der Waals surface area contributed by atoms with Crippen LogP contribution in [0.5, 0.6) is 0 Å². The van der Waals surface area contributed by atoms with E-state index in [1.165, 1.54) is 6.42 Å². The number of esters is 2. The van der Waals surface area contributed by atoms with E-state index in [0.717, 1.165) is 83.5 Å². The molecule has 322 valence electrons. The minimum Gasteiger partial charge on any atom is -0.462 e. The molecule has 1 aliphatic rings. The quantitative estimate of drug-likeness (QED) is 0.0288. The number of rotatable bonds is 33. The summed E-state index contributed by atoms with van der Waals surface area (Å²) in [5.41, 5.74) is 0. The fraction of sp³-hybridized carbons (Fsp3) is 0.617. The van der Waals surface area contributed by atoms with Gasteiger partial charge < -0.3 is 39.4 Å². The average molecular weight is 799 g/mol. The van der Waals surface area contributed by atoms with Crippen molar-refractivity contribution in [2.24, 2.45) is 0 Å². The molecule has 0 aromatic heterocycles. The van der Waals surface area contributed by atoms with Crippen molar-refractivity contribution >= 4 is 11.9 Å². The van der Waals surface area contributed by atoms with Gasteiger partial charge in [-0.1, -0.05) is 137 Å². The average Bonchev–Trinajstić information content (AvgIpc) is 3.21. The molecule has 10 heteroatoms. The van der Waals surface area contributed by atoms with Crippen LogP contribution < -0.4 is 0 Å². The van der Waals surface area contributed by atoms with Gasteiger partial charge in [-0.25, -0.2) is 0 Å². The maximum atomic E-state index is 12.7.